The van der Waals surface area contributed by atoms with Crippen LogP contribution in [0.1, 0.15) is 17.8 Å². The summed E-state index contributed by atoms with van der Waals surface area (Å²) in [6, 6.07) is 13.0. The van der Waals surface area contributed by atoms with E-state index in [0.29, 0.717) is 16.9 Å². The number of carbonyl (C=O) groups is 1. The molecule has 2 aromatic carbocycles. The summed E-state index contributed by atoms with van der Waals surface area (Å²) in [4.78, 5) is 18.2. The van der Waals surface area contributed by atoms with Gasteiger partial charge in [0, 0.05) is 19.0 Å². The summed E-state index contributed by atoms with van der Waals surface area (Å²) >= 11 is 0. The first-order valence-corrected chi connectivity index (χ1v) is 9.42. The smallest absolute Gasteiger partial charge is 0.410 e. The highest BCUT2D eigenvalue weighted by molar-refractivity contribution is 5.76. The molecule has 1 N–H and O–H groups in total. The van der Waals surface area contributed by atoms with Crippen molar-refractivity contribution in [2.75, 3.05) is 6.54 Å². The first-order chi connectivity index (χ1) is 14.0. The molecule has 0 radical (unpaired) electrons. The summed E-state index contributed by atoms with van der Waals surface area (Å²) in [7, 11) is 0. The van der Waals surface area contributed by atoms with Crippen LogP contribution in [-0.4, -0.2) is 44.4 Å². The van der Waals surface area contributed by atoms with E-state index in [9.17, 15) is 18.7 Å². The molecular weight excluding hydrogens is 380 g/mol. The molecule has 1 saturated heterocycles. The number of imidazole rings is 1. The highest BCUT2D eigenvalue weighted by Gasteiger charge is 2.37. The number of likely N-dealkylation sites (tertiary alicyclic amines) is 1. The average molecular weight is 401 g/mol. The third-order valence-electron chi connectivity index (χ3n) is 5.13. The van der Waals surface area contributed by atoms with E-state index >= 15 is 0 Å². The van der Waals surface area contributed by atoms with E-state index in [0.717, 1.165) is 5.56 Å². The Labute approximate surface area is 166 Å². The molecule has 152 valence electrons. The van der Waals surface area contributed by atoms with Crippen molar-refractivity contribution in [3.8, 4) is 0 Å². The number of amides is 1. The molecule has 4 rings (SSSR count). The van der Waals surface area contributed by atoms with Gasteiger partial charge < -0.3 is 19.3 Å². The Morgan fingerprint density at radius 1 is 1.24 bits per heavy atom. The van der Waals surface area contributed by atoms with Crippen molar-refractivity contribution >= 4 is 17.1 Å². The summed E-state index contributed by atoms with van der Waals surface area (Å²) < 4.78 is 34.7. The second kappa shape index (κ2) is 8.16. The first kappa shape index (κ1) is 19.3. The maximum Gasteiger partial charge on any atom is 0.410 e. The normalized spacial score (nSPS) is 19.1. The lowest BCUT2D eigenvalue weighted by Crippen LogP contribution is -2.38. The molecule has 1 fully saturated rings. The van der Waals surface area contributed by atoms with Crippen molar-refractivity contribution in [3.05, 3.63) is 65.7 Å². The Hall–Kier alpha value is -3.00. The van der Waals surface area contributed by atoms with Crippen molar-refractivity contribution < 1.29 is 23.4 Å². The summed E-state index contributed by atoms with van der Waals surface area (Å²) in [5.41, 5.74) is 1.87. The molecule has 0 aliphatic carbocycles. The van der Waals surface area contributed by atoms with Crippen LogP contribution >= 0.6 is 0 Å². The number of fused-ring (bicyclic) bond motifs is 1. The Kier molecular flexibility index (Phi) is 5.44. The molecule has 0 spiro atoms. The molecule has 2 unspecified atom stereocenters. The van der Waals surface area contributed by atoms with Gasteiger partial charge in [0.05, 0.1) is 23.6 Å². The molecule has 2 atom stereocenters. The van der Waals surface area contributed by atoms with Crippen molar-refractivity contribution in [3.63, 3.8) is 0 Å². The molecule has 29 heavy (non-hydrogen) atoms. The largest absolute Gasteiger partial charge is 0.445 e. The van der Waals surface area contributed by atoms with Crippen molar-refractivity contribution in [2.24, 2.45) is 0 Å². The fourth-order valence-electron chi connectivity index (χ4n) is 3.75. The number of carbonyl (C=O) groups excluding carboxylic acids is 1. The molecular formula is C21H21F2N3O3. The number of rotatable bonds is 5. The van der Waals surface area contributed by atoms with E-state index in [1.165, 1.54) is 17.0 Å². The Balaban J connectivity index is 1.52. The van der Waals surface area contributed by atoms with Crippen LogP contribution in [0.15, 0.2) is 48.5 Å². The van der Waals surface area contributed by atoms with Gasteiger partial charge in [-0.05, 0) is 17.7 Å². The fraction of sp³-hybridized carbons (Fsp3) is 0.333. The Morgan fingerprint density at radius 2 is 2.03 bits per heavy atom. The van der Waals surface area contributed by atoms with Crippen LogP contribution in [0.25, 0.3) is 11.0 Å². The van der Waals surface area contributed by atoms with Crippen molar-refractivity contribution in [1.82, 2.24) is 14.5 Å². The zero-order chi connectivity index (χ0) is 20.4. The van der Waals surface area contributed by atoms with E-state index in [4.69, 9.17) is 4.74 Å². The van der Waals surface area contributed by atoms with Crippen LogP contribution in [0.5, 0.6) is 0 Å². The number of alkyl halides is 1. The third-order valence-corrected chi connectivity index (χ3v) is 5.13. The van der Waals surface area contributed by atoms with Gasteiger partial charge in [0.15, 0.2) is 0 Å². The third kappa shape index (κ3) is 4.07. The highest BCUT2D eigenvalue weighted by atomic mass is 19.1. The lowest BCUT2D eigenvalue weighted by molar-refractivity contribution is 0.0880. The number of ether oxygens (including phenoxy) is 1. The molecule has 6 nitrogen and oxygen atoms in total. The minimum absolute atomic E-state index is 0.0476. The molecule has 0 bridgehead atoms. The quantitative estimate of drug-likeness (QED) is 0.712. The maximum atomic E-state index is 14.2. The number of halogens is 2. The molecule has 8 heteroatoms. The van der Waals surface area contributed by atoms with Crippen molar-refractivity contribution in [2.45, 2.75) is 38.4 Å². The van der Waals surface area contributed by atoms with Gasteiger partial charge in [-0.3, -0.25) is 0 Å². The SMILES string of the molecule is O=C(OCc1ccccc1)N1CC(F)CC1Cn1c(CO)nc2cc(F)ccc21. The van der Waals surface area contributed by atoms with Crippen LogP contribution < -0.4 is 0 Å². The standard InChI is InChI=1S/C21H21F2N3O3/c22-15-6-7-19-18(9-15)24-20(12-27)26(19)11-17-8-16(23)10-25(17)21(28)29-13-14-4-2-1-3-5-14/h1-7,9,16-17,27H,8,10-13H2. The van der Waals surface area contributed by atoms with Crippen LogP contribution in [0.4, 0.5) is 13.6 Å². The molecule has 0 saturated carbocycles. The van der Waals surface area contributed by atoms with E-state index in [1.54, 1.807) is 10.6 Å². The second-order valence-electron chi connectivity index (χ2n) is 7.11. The average Bonchev–Trinajstić information content (AvgIpc) is 3.26. The number of nitrogens with zero attached hydrogens (tertiary/aromatic N) is 3. The molecule has 1 aliphatic rings. The fourth-order valence-corrected chi connectivity index (χ4v) is 3.75. The zero-order valence-corrected chi connectivity index (χ0v) is 15.7. The zero-order valence-electron chi connectivity index (χ0n) is 15.7. The van der Waals surface area contributed by atoms with Gasteiger partial charge in [-0.2, -0.15) is 0 Å². The lowest BCUT2D eigenvalue weighted by atomic mass is 10.2. The van der Waals surface area contributed by atoms with Gasteiger partial charge >= 0.3 is 6.09 Å². The maximum absolute atomic E-state index is 14.2. The number of aliphatic hydroxyl groups is 1. The second-order valence-corrected chi connectivity index (χ2v) is 7.11. The number of benzene rings is 2. The molecule has 2 heterocycles. The van der Waals surface area contributed by atoms with Gasteiger partial charge in [0.1, 0.15) is 31.0 Å². The molecule has 1 aliphatic heterocycles. The number of hydrogen-bond donors (Lipinski definition) is 1. The Morgan fingerprint density at radius 3 is 2.79 bits per heavy atom. The number of aromatic nitrogens is 2. The number of aliphatic hydroxyl groups excluding tert-OH is 1. The summed E-state index contributed by atoms with van der Waals surface area (Å²) in [5, 5.41) is 9.64. The first-order valence-electron chi connectivity index (χ1n) is 9.42. The van der Waals surface area contributed by atoms with Crippen molar-refractivity contribution in [1.29, 1.82) is 0 Å². The minimum atomic E-state index is -1.16. The topological polar surface area (TPSA) is 67.6 Å². The van der Waals surface area contributed by atoms with Crippen LogP contribution in [0, 0.1) is 5.82 Å². The Bertz CT molecular complexity index is 1010. The van der Waals surface area contributed by atoms with Gasteiger partial charge in [-0.15, -0.1) is 0 Å². The molecule has 1 aromatic heterocycles. The summed E-state index contributed by atoms with van der Waals surface area (Å²) in [5.74, 6) is -0.0899. The van der Waals surface area contributed by atoms with E-state index in [1.807, 2.05) is 30.3 Å². The van der Waals surface area contributed by atoms with E-state index in [2.05, 4.69) is 4.98 Å². The highest BCUT2D eigenvalue weighted by Crippen LogP contribution is 2.26. The van der Waals surface area contributed by atoms with Crippen LogP contribution in [-0.2, 0) is 24.5 Å². The van der Waals surface area contributed by atoms with E-state index < -0.39 is 24.1 Å². The predicted molar refractivity (Wildman–Crippen MR) is 102 cm³/mol. The predicted octanol–water partition coefficient (Wildman–Crippen LogP) is 3.42. The van der Waals surface area contributed by atoms with Gasteiger partial charge in [-0.1, -0.05) is 30.3 Å². The monoisotopic (exact) mass is 401 g/mol. The summed E-state index contributed by atoms with van der Waals surface area (Å²) in [6.07, 6.45) is -1.58. The molecule has 3 aromatic rings. The molecule has 1 amide bonds. The minimum Gasteiger partial charge on any atom is -0.445 e. The summed E-state index contributed by atoms with van der Waals surface area (Å²) in [6.45, 7) is -0.0531. The van der Waals surface area contributed by atoms with Crippen LogP contribution in [0.2, 0.25) is 0 Å². The van der Waals surface area contributed by atoms with Gasteiger partial charge in [0.25, 0.3) is 0 Å². The van der Waals surface area contributed by atoms with Crippen LogP contribution in [0.3, 0.4) is 0 Å². The lowest BCUT2D eigenvalue weighted by Gasteiger charge is -2.25. The number of hydrogen-bond acceptors (Lipinski definition) is 4. The van der Waals surface area contributed by atoms with E-state index in [-0.39, 0.29) is 32.7 Å². The van der Waals surface area contributed by atoms with Gasteiger partial charge in [-0.25, -0.2) is 18.6 Å². The van der Waals surface area contributed by atoms with Gasteiger partial charge in [0.2, 0.25) is 0 Å².